The van der Waals surface area contributed by atoms with Crippen molar-refractivity contribution >= 4 is 38.8 Å². The first-order valence-corrected chi connectivity index (χ1v) is 14.7. The summed E-state index contributed by atoms with van der Waals surface area (Å²) in [6, 6.07) is 30.5. The van der Waals surface area contributed by atoms with E-state index in [4.69, 9.17) is 0 Å². The van der Waals surface area contributed by atoms with Gasteiger partial charge in [0.15, 0.2) is 0 Å². The average Bonchev–Trinajstić information content (AvgIpc) is 3.52. The van der Waals surface area contributed by atoms with E-state index in [0.717, 1.165) is 57.4 Å². The summed E-state index contributed by atoms with van der Waals surface area (Å²) in [5.74, 6) is -1.04. The lowest BCUT2D eigenvalue weighted by Crippen LogP contribution is -2.08. The van der Waals surface area contributed by atoms with Crippen LogP contribution in [0.1, 0.15) is 22.4 Å². The van der Waals surface area contributed by atoms with Gasteiger partial charge in [0.2, 0.25) is 0 Å². The molecule has 1 atom stereocenters. The third-order valence-corrected chi connectivity index (χ3v) is 8.72. The number of aryl methyl sites for hydroxylation is 2. The monoisotopic (exact) mass is 586 g/mol. The zero-order valence-corrected chi connectivity index (χ0v) is 23.6. The maximum atomic E-state index is 14.2. The molecule has 0 bridgehead atoms. The number of halogens is 4. The molecule has 8 rings (SSSR count). The van der Waals surface area contributed by atoms with Gasteiger partial charge in [-0.05, 0) is 121 Å². The Kier molecular flexibility index (Phi) is 6.19. The van der Waals surface area contributed by atoms with Gasteiger partial charge in [0, 0.05) is 39.6 Å². The maximum Gasteiger partial charge on any atom is 0.123 e. The summed E-state index contributed by atoms with van der Waals surface area (Å²) < 4.78 is 60.6. The molecule has 0 spiro atoms. The van der Waals surface area contributed by atoms with Crippen LogP contribution in [0.2, 0.25) is 0 Å². The molecule has 2 aromatic heterocycles. The van der Waals surface area contributed by atoms with Gasteiger partial charge in [-0.1, -0.05) is 24.3 Å². The minimum atomic E-state index is -1.07. The van der Waals surface area contributed by atoms with Gasteiger partial charge in [-0.2, -0.15) is 0 Å². The van der Waals surface area contributed by atoms with Crippen LogP contribution < -0.4 is 0 Å². The van der Waals surface area contributed by atoms with Crippen LogP contribution in [-0.4, -0.2) is 15.3 Å². The molecule has 0 saturated heterocycles. The Labute approximate surface area is 251 Å². The fourth-order valence-electron chi connectivity index (χ4n) is 6.63. The third kappa shape index (κ3) is 4.41. The van der Waals surface area contributed by atoms with E-state index in [2.05, 4.69) is 41.0 Å². The van der Waals surface area contributed by atoms with Crippen molar-refractivity contribution in [2.45, 2.75) is 25.4 Å². The molecule has 7 aromatic rings. The lowest BCUT2D eigenvalue weighted by Gasteiger charge is -2.14. The molecule has 1 aliphatic rings. The third-order valence-electron chi connectivity index (χ3n) is 8.72. The van der Waals surface area contributed by atoms with E-state index >= 15 is 0 Å². The normalized spacial score (nSPS) is 14.6. The summed E-state index contributed by atoms with van der Waals surface area (Å²) in [5.41, 5.74) is 8.46. The van der Waals surface area contributed by atoms with Crippen LogP contribution in [0.15, 0.2) is 109 Å². The number of rotatable bonds is 5. The molecular formula is C38H26F4N2. The largest absolute Gasteiger partial charge is 0.310 e. The Hall–Kier alpha value is -5.10. The van der Waals surface area contributed by atoms with Gasteiger partial charge >= 0.3 is 0 Å². The molecule has 1 aliphatic carbocycles. The fraction of sp³-hybridized carbons (Fsp3) is 0.105. The number of benzene rings is 5. The molecule has 0 N–H and O–H groups in total. The summed E-state index contributed by atoms with van der Waals surface area (Å²) in [7, 11) is 0. The molecule has 0 fully saturated rings. The van der Waals surface area contributed by atoms with Gasteiger partial charge in [0.1, 0.15) is 23.6 Å². The van der Waals surface area contributed by atoms with Crippen LogP contribution in [0.4, 0.5) is 17.6 Å². The van der Waals surface area contributed by atoms with E-state index in [-0.39, 0.29) is 23.9 Å². The van der Waals surface area contributed by atoms with Gasteiger partial charge in [0.05, 0.1) is 16.6 Å². The summed E-state index contributed by atoms with van der Waals surface area (Å²) in [6.45, 7) is 0. The topological polar surface area (TPSA) is 9.86 Å². The molecular weight excluding hydrogens is 560 g/mol. The van der Waals surface area contributed by atoms with Crippen molar-refractivity contribution < 1.29 is 17.6 Å². The van der Waals surface area contributed by atoms with Crippen molar-refractivity contribution in [3.05, 3.63) is 149 Å². The molecule has 0 amide bonds. The van der Waals surface area contributed by atoms with Crippen LogP contribution >= 0.6 is 0 Å². The molecule has 5 aromatic carbocycles. The number of hydrogen-bond donors (Lipinski definition) is 0. The minimum absolute atomic E-state index is 0.240. The van der Waals surface area contributed by atoms with E-state index in [9.17, 15) is 17.6 Å². The SMILES string of the molecule is Fc1ccc2c(c1)c1c(n2-c2ccc(CCc3ccc(-n4c5ccc(F)cc5c5cc(F)ccc54)cc3)cc2)C=CC(F)C1. The van der Waals surface area contributed by atoms with Gasteiger partial charge in [-0.25, -0.2) is 17.6 Å². The predicted molar refractivity (Wildman–Crippen MR) is 169 cm³/mol. The fourth-order valence-corrected chi connectivity index (χ4v) is 6.63. The Morgan fingerprint density at radius 2 is 1.00 bits per heavy atom. The van der Waals surface area contributed by atoms with Crippen LogP contribution in [0.3, 0.4) is 0 Å². The first kappa shape index (κ1) is 26.5. The van der Waals surface area contributed by atoms with Crippen molar-refractivity contribution in [2.24, 2.45) is 0 Å². The van der Waals surface area contributed by atoms with Crippen molar-refractivity contribution in [3.63, 3.8) is 0 Å². The molecule has 0 saturated carbocycles. The number of hydrogen-bond acceptors (Lipinski definition) is 0. The first-order valence-electron chi connectivity index (χ1n) is 14.7. The Bertz CT molecular complexity index is 2180. The zero-order chi connectivity index (χ0) is 29.9. The molecule has 44 heavy (non-hydrogen) atoms. The van der Waals surface area contributed by atoms with E-state index in [1.165, 1.54) is 47.5 Å². The minimum Gasteiger partial charge on any atom is -0.310 e. The Balaban J connectivity index is 1.05. The van der Waals surface area contributed by atoms with Gasteiger partial charge < -0.3 is 9.13 Å². The average molecular weight is 587 g/mol. The lowest BCUT2D eigenvalue weighted by molar-refractivity contribution is 0.397. The molecule has 0 aliphatic heterocycles. The predicted octanol–water partition coefficient (Wildman–Crippen LogP) is 9.84. The van der Waals surface area contributed by atoms with Gasteiger partial charge in [0.25, 0.3) is 0 Å². The number of allylic oxidation sites excluding steroid dienone is 1. The molecule has 2 heterocycles. The molecule has 6 heteroatoms. The van der Waals surface area contributed by atoms with Crippen LogP contribution in [-0.2, 0) is 19.3 Å². The number of fused-ring (bicyclic) bond motifs is 6. The number of nitrogens with zero attached hydrogens (tertiary/aromatic N) is 2. The van der Waals surface area contributed by atoms with Crippen molar-refractivity contribution in [3.8, 4) is 11.4 Å². The van der Waals surface area contributed by atoms with Crippen molar-refractivity contribution in [2.75, 3.05) is 0 Å². The van der Waals surface area contributed by atoms with Gasteiger partial charge in [-0.15, -0.1) is 0 Å². The molecule has 0 radical (unpaired) electrons. The summed E-state index contributed by atoms with van der Waals surface area (Å²) in [4.78, 5) is 0. The highest BCUT2D eigenvalue weighted by Gasteiger charge is 2.23. The van der Waals surface area contributed by atoms with E-state index in [1.807, 2.05) is 16.7 Å². The Morgan fingerprint density at radius 3 is 1.52 bits per heavy atom. The van der Waals surface area contributed by atoms with Crippen LogP contribution in [0.5, 0.6) is 0 Å². The summed E-state index contributed by atoms with van der Waals surface area (Å²) in [5, 5.41) is 2.10. The maximum absolute atomic E-state index is 14.2. The second kappa shape index (κ2) is 10.3. The first-order chi connectivity index (χ1) is 21.4. The summed E-state index contributed by atoms with van der Waals surface area (Å²) in [6.07, 6.45) is 4.21. The van der Waals surface area contributed by atoms with Crippen molar-refractivity contribution in [1.82, 2.24) is 9.13 Å². The second-order valence-corrected chi connectivity index (χ2v) is 11.4. The molecule has 1 unspecified atom stereocenters. The van der Waals surface area contributed by atoms with Crippen molar-refractivity contribution in [1.29, 1.82) is 0 Å². The zero-order valence-electron chi connectivity index (χ0n) is 23.6. The number of alkyl halides is 1. The Morgan fingerprint density at radius 1 is 0.545 bits per heavy atom. The van der Waals surface area contributed by atoms with Crippen LogP contribution in [0, 0.1) is 17.5 Å². The van der Waals surface area contributed by atoms with Gasteiger partial charge in [-0.3, -0.25) is 0 Å². The number of aromatic nitrogens is 2. The smallest absolute Gasteiger partial charge is 0.123 e. The van der Waals surface area contributed by atoms with E-state index < -0.39 is 6.17 Å². The highest BCUT2D eigenvalue weighted by molar-refractivity contribution is 6.09. The quantitative estimate of drug-likeness (QED) is 0.178. The lowest BCUT2D eigenvalue weighted by atomic mass is 9.99. The molecule has 2 nitrogen and oxygen atoms in total. The van der Waals surface area contributed by atoms with E-state index in [0.29, 0.717) is 10.8 Å². The standard InChI is InChI=1S/C38H26F4N2/c39-25-7-15-35-31(19-25)32-20-26(40)8-16-36(32)43(35)29-11-3-23(4-12-29)1-2-24-5-13-30(14-6-24)44-37-17-9-27(41)21-33(37)34-22-28(42)10-18-38(34)44/h3-21,28H,1-2,22H2. The highest BCUT2D eigenvalue weighted by Crippen LogP contribution is 2.36. The van der Waals surface area contributed by atoms with Crippen LogP contribution in [0.25, 0.3) is 50.2 Å². The van der Waals surface area contributed by atoms with E-state index in [1.54, 1.807) is 30.4 Å². The molecule has 216 valence electrons. The second-order valence-electron chi connectivity index (χ2n) is 11.4. The highest BCUT2D eigenvalue weighted by atomic mass is 19.1. The summed E-state index contributed by atoms with van der Waals surface area (Å²) >= 11 is 0.